The van der Waals surface area contributed by atoms with Gasteiger partial charge in [0.15, 0.2) is 23.9 Å². The number of aliphatic hydroxyl groups is 1. The molecule has 3 aromatic carbocycles. The van der Waals surface area contributed by atoms with E-state index in [1.165, 1.54) is 6.07 Å². The van der Waals surface area contributed by atoms with E-state index in [-0.39, 0.29) is 30.3 Å². The first kappa shape index (κ1) is 28.1. The van der Waals surface area contributed by atoms with Gasteiger partial charge in [-0.1, -0.05) is 16.8 Å². The number of benzene rings is 3. The lowest BCUT2D eigenvalue weighted by Gasteiger charge is -2.18. The number of anilines is 2. The van der Waals surface area contributed by atoms with Gasteiger partial charge < -0.3 is 41.3 Å². The highest BCUT2D eigenvalue weighted by molar-refractivity contribution is 6.31. The zero-order chi connectivity index (χ0) is 27.7. The Morgan fingerprint density at radius 3 is 2.45 bits per heavy atom. The van der Waals surface area contributed by atoms with Crippen LogP contribution in [0.3, 0.4) is 0 Å². The third kappa shape index (κ3) is 7.28. The number of carboxylic acid groups (broad SMARTS) is 1. The molecule has 38 heavy (non-hydrogen) atoms. The Hall–Kier alpha value is -4.48. The average molecular weight is 543 g/mol. The highest BCUT2D eigenvalue weighted by atomic mass is 35.5. The topological polar surface area (TPSA) is 176 Å². The van der Waals surface area contributed by atoms with Gasteiger partial charge in [0.1, 0.15) is 0 Å². The van der Waals surface area contributed by atoms with E-state index in [2.05, 4.69) is 15.8 Å². The number of aliphatic hydroxyl groups excluding tert-OH is 1. The van der Waals surface area contributed by atoms with Crippen molar-refractivity contribution in [2.75, 3.05) is 23.8 Å². The maximum absolute atomic E-state index is 13.1. The molecule has 7 N–H and O–H groups in total. The maximum atomic E-state index is 13.1. The minimum Gasteiger partial charge on any atom is -0.490 e. The molecule has 0 heterocycles. The lowest BCUT2D eigenvalue weighted by atomic mass is 10.1. The first-order valence-electron chi connectivity index (χ1n) is 11.4. The van der Waals surface area contributed by atoms with Crippen molar-refractivity contribution in [3.8, 4) is 11.5 Å². The van der Waals surface area contributed by atoms with Crippen LogP contribution in [-0.4, -0.2) is 46.3 Å². The molecule has 0 radical (unpaired) electrons. The van der Waals surface area contributed by atoms with Crippen LogP contribution in [0.25, 0.3) is 0 Å². The van der Waals surface area contributed by atoms with Gasteiger partial charge in [0.25, 0.3) is 5.91 Å². The predicted molar refractivity (Wildman–Crippen MR) is 142 cm³/mol. The Bertz CT molecular complexity index is 1330. The number of carbonyl (C=O) groups is 2. The molecule has 0 fully saturated rings. The second kappa shape index (κ2) is 13.2. The normalized spacial score (nSPS) is 11.1. The highest BCUT2D eigenvalue weighted by Crippen LogP contribution is 2.34. The van der Waals surface area contributed by atoms with Gasteiger partial charge in [-0.15, -0.1) is 0 Å². The number of nitrogens with zero attached hydrogens (tertiary/aromatic N) is 1. The highest BCUT2D eigenvalue weighted by Gasteiger charge is 2.18. The van der Waals surface area contributed by atoms with Crippen LogP contribution in [0.1, 0.15) is 34.0 Å². The predicted octanol–water partition coefficient (Wildman–Crippen LogP) is 3.65. The number of aliphatic carboxylic acids is 1. The van der Waals surface area contributed by atoms with Crippen molar-refractivity contribution in [1.82, 2.24) is 0 Å². The Kier molecular flexibility index (Phi) is 9.74. The molecule has 0 aliphatic carbocycles. The summed E-state index contributed by atoms with van der Waals surface area (Å²) in [6, 6.07) is 14.4. The maximum Gasteiger partial charge on any atom is 0.341 e. The van der Waals surface area contributed by atoms with Gasteiger partial charge in [-0.3, -0.25) is 4.79 Å². The van der Waals surface area contributed by atoms with Crippen LogP contribution >= 0.6 is 11.6 Å². The minimum absolute atomic E-state index is 0.0614. The van der Waals surface area contributed by atoms with E-state index in [0.717, 1.165) is 0 Å². The van der Waals surface area contributed by atoms with Gasteiger partial charge in [-0.05, 0) is 67.1 Å². The molecule has 1 amide bonds. The molecule has 0 aliphatic heterocycles. The molecule has 3 rings (SSSR count). The van der Waals surface area contributed by atoms with Gasteiger partial charge in [0.05, 0.1) is 18.8 Å². The number of carbonyl (C=O) groups excluding carboxylic acids is 1. The van der Waals surface area contributed by atoms with Crippen LogP contribution in [0.2, 0.25) is 5.02 Å². The Labute approximate surface area is 223 Å². The molecule has 200 valence electrons. The van der Waals surface area contributed by atoms with Crippen molar-refractivity contribution >= 4 is 40.7 Å². The average Bonchev–Trinajstić information content (AvgIpc) is 2.91. The molecule has 0 unspecified atom stereocenters. The Morgan fingerprint density at radius 1 is 1.08 bits per heavy atom. The number of rotatable bonds is 12. The summed E-state index contributed by atoms with van der Waals surface area (Å²) in [6.07, 6.45) is 0. The molecule has 0 aliphatic rings. The summed E-state index contributed by atoms with van der Waals surface area (Å²) < 4.78 is 11.1. The SMILES string of the molecule is CCOc1cc(CO)cc(CNc2ccc(Cl)cc2C(=O)Nc2ccc(/C(N)=N/O)cc2)c1OCC(=O)O. The number of ether oxygens (including phenoxy) is 2. The number of amidine groups is 1. The third-order valence-electron chi connectivity index (χ3n) is 5.26. The monoisotopic (exact) mass is 542 g/mol. The first-order valence-corrected chi connectivity index (χ1v) is 11.8. The molecule has 0 aromatic heterocycles. The molecule has 0 bridgehead atoms. The first-order chi connectivity index (χ1) is 18.2. The largest absolute Gasteiger partial charge is 0.490 e. The molecular formula is C26H27ClN4O7. The van der Waals surface area contributed by atoms with Crippen molar-refractivity contribution in [3.63, 3.8) is 0 Å². The molecule has 11 nitrogen and oxygen atoms in total. The van der Waals surface area contributed by atoms with Crippen molar-refractivity contribution < 1.29 is 34.5 Å². The fourth-order valence-corrected chi connectivity index (χ4v) is 3.71. The molecule has 0 atom stereocenters. The lowest BCUT2D eigenvalue weighted by molar-refractivity contribution is -0.139. The Balaban J connectivity index is 1.87. The van der Waals surface area contributed by atoms with Crippen LogP contribution in [-0.2, 0) is 17.9 Å². The van der Waals surface area contributed by atoms with Crippen LogP contribution < -0.4 is 25.8 Å². The number of carboxylic acids is 1. The summed E-state index contributed by atoms with van der Waals surface area (Å²) in [5.74, 6) is -1.17. The summed E-state index contributed by atoms with van der Waals surface area (Å²) in [6.45, 7) is 1.32. The van der Waals surface area contributed by atoms with Crippen molar-refractivity contribution in [1.29, 1.82) is 0 Å². The number of oxime groups is 1. The second-order valence-corrected chi connectivity index (χ2v) is 8.35. The van der Waals surface area contributed by atoms with Crippen molar-refractivity contribution in [2.24, 2.45) is 10.9 Å². The van der Waals surface area contributed by atoms with E-state index in [0.29, 0.717) is 45.4 Å². The summed E-state index contributed by atoms with van der Waals surface area (Å²) in [5, 5.41) is 36.8. The van der Waals surface area contributed by atoms with E-state index < -0.39 is 18.5 Å². The van der Waals surface area contributed by atoms with Gasteiger partial charge >= 0.3 is 5.97 Å². The number of amides is 1. The van der Waals surface area contributed by atoms with Crippen LogP contribution in [0, 0.1) is 0 Å². The third-order valence-corrected chi connectivity index (χ3v) is 5.49. The minimum atomic E-state index is -1.16. The number of hydrogen-bond acceptors (Lipinski definition) is 8. The van der Waals surface area contributed by atoms with Gasteiger partial charge in [-0.25, -0.2) is 4.79 Å². The fraction of sp³-hybridized carbons (Fsp3) is 0.192. The number of nitrogens with two attached hydrogens (primary N) is 1. The zero-order valence-electron chi connectivity index (χ0n) is 20.4. The number of nitrogens with one attached hydrogen (secondary N) is 2. The number of hydrogen-bond donors (Lipinski definition) is 6. The zero-order valence-corrected chi connectivity index (χ0v) is 21.2. The van der Waals surface area contributed by atoms with Gasteiger partial charge in [0, 0.05) is 34.1 Å². The van der Waals surface area contributed by atoms with Crippen LogP contribution in [0.4, 0.5) is 11.4 Å². The van der Waals surface area contributed by atoms with Crippen molar-refractivity contribution in [2.45, 2.75) is 20.1 Å². The molecular weight excluding hydrogens is 516 g/mol. The summed E-state index contributed by atoms with van der Waals surface area (Å²) in [5.41, 5.74) is 8.26. The molecule has 0 saturated heterocycles. The standard InChI is InChI=1S/C26H27ClN4O7/c1-2-37-22-10-15(13-32)9-17(24(22)38-14-23(33)34)12-29-21-8-5-18(27)11-20(21)26(35)30-19-6-3-16(4-7-19)25(28)31-36/h3-11,29,32,36H,2,12-14H2,1H3,(H2,28,31)(H,30,35)(H,33,34). The smallest absolute Gasteiger partial charge is 0.341 e. The molecule has 0 spiro atoms. The Morgan fingerprint density at radius 2 is 1.82 bits per heavy atom. The quantitative estimate of drug-likeness (QED) is 0.0862. The summed E-state index contributed by atoms with van der Waals surface area (Å²) in [4.78, 5) is 24.2. The van der Waals surface area contributed by atoms with E-state index in [4.69, 9.17) is 37.1 Å². The number of halogens is 1. The fourth-order valence-electron chi connectivity index (χ4n) is 3.54. The van der Waals surface area contributed by atoms with E-state index >= 15 is 0 Å². The van der Waals surface area contributed by atoms with E-state index in [9.17, 15) is 14.7 Å². The molecule has 0 saturated carbocycles. The van der Waals surface area contributed by atoms with Crippen molar-refractivity contribution in [3.05, 3.63) is 81.9 Å². The van der Waals surface area contributed by atoms with Gasteiger partial charge in [0.2, 0.25) is 0 Å². The molecule has 3 aromatic rings. The van der Waals surface area contributed by atoms with Crippen LogP contribution in [0.15, 0.2) is 59.8 Å². The summed E-state index contributed by atoms with van der Waals surface area (Å²) in [7, 11) is 0. The van der Waals surface area contributed by atoms with Crippen LogP contribution in [0.5, 0.6) is 11.5 Å². The van der Waals surface area contributed by atoms with E-state index in [1.807, 2.05) is 0 Å². The van der Waals surface area contributed by atoms with Gasteiger partial charge in [-0.2, -0.15) is 0 Å². The lowest BCUT2D eigenvalue weighted by Crippen LogP contribution is -2.16. The molecule has 12 heteroatoms. The van der Waals surface area contributed by atoms with E-state index in [1.54, 1.807) is 55.5 Å². The summed E-state index contributed by atoms with van der Waals surface area (Å²) >= 11 is 6.17. The second-order valence-electron chi connectivity index (χ2n) is 7.92.